The van der Waals surface area contributed by atoms with E-state index in [1.807, 2.05) is 62.4 Å². The highest BCUT2D eigenvalue weighted by molar-refractivity contribution is 5.55. The van der Waals surface area contributed by atoms with Crippen LogP contribution in [0.2, 0.25) is 0 Å². The number of fused-ring (bicyclic) bond motifs is 1. The lowest BCUT2D eigenvalue weighted by Gasteiger charge is -2.57. The van der Waals surface area contributed by atoms with Crippen LogP contribution in [0.4, 0.5) is 0 Å². The highest BCUT2D eigenvalue weighted by atomic mass is 16.5. The van der Waals surface area contributed by atoms with Crippen molar-refractivity contribution in [1.29, 1.82) is 0 Å². The summed E-state index contributed by atoms with van der Waals surface area (Å²) in [6, 6.07) is 11.6. The Morgan fingerprint density at radius 1 is 0.973 bits per heavy atom. The van der Waals surface area contributed by atoms with Gasteiger partial charge in [0, 0.05) is 5.92 Å². The maximum Gasteiger partial charge on any atom is 0.201 e. The molecule has 0 saturated heterocycles. The van der Waals surface area contributed by atoms with Crippen LogP contribution in [0, 0.1) is 17.3 Å². The van der Waals surface area contributed by atoms with Crippen LogP contribution in [0.25, 0.3) is 0 Å². The fourth-order valence-corrected chi connectivity index (χ4v) is 6.75. The van der Waals surface area contributed by atoms with Crippen molar-refractivity contribution >= 4 is 0 Å². The zero-order valence-corrected chi connectivity index (χ0v) is 23.1. The number of aliphatic hydroxyl groups is 1. The third-order valence-electron chi connectivity index (χ3n) is 8.94. The number of allylic oxidation sites excluding steroid dienone is 2. The summed E-state index contributed by atoms with van der Waals surface area (Å²) in [5, 5.41) is 22.2. The third-order valence-corrected chi connectivity index (χ3v) is 8.94. The molecule has 37 heavy (non-hydrogen) atoms. The van der Waals surface area contributed by atoms with E-state index in [-0.39, 0.29) is 23.0 Å². The molecule has 0 aliphatic heterocycles. The van der Waals surface area contributed by atoms with Crippen LogP contribution < -0.4 is 9.47 Å². The second-order valence-electron chi connectivity index (χ2n) is 12.3. The molecule has 0 spiro atoms. The zero-order chi connectivity index (χ0) is 26.8. The second kappa shape index (κ2) is 10.6. The average molecular weight is 505 g/mol. The SMILES string of the molecule is C=CCc1ccc(Oc2cc(CC=C)cc(O[C@]3(C)CCC[C@]4(C)CCC(C(C)(C)O)CC43)c2O)cc1. The molecule has 0 aromatic heterocycles. The average Bonchev–Trinajstić information content (AvgIpc) is 2.82. The van der Waals surface area contributed by atoms with E-state index in [1.165, 1.54) is 6.42 Å². The molecule has 2 fully saturated rings. The minimum absolute atomic E-state index is 0.0197. The molecule has 0 heterocycles. The minimum Gasteiger partial charge on any atom is -0.502 e. The van der Waals surface area contributed by atoms with E-state index in [0.717, 1.165) is 49.7 Å². The van der Waals surface area contributed by atoms with Crippen LogP contribution in [0.5, 0.6) is 23.0 Å². The first-order chi connectivity index (χ1) is 17.5. The first-order valence-corrected chi connectivity index (χ1v) is 13.7. The van der Waals surface area contributed by atoms with Crippen molar-refractivity contribution in [3.63, 3.8) is 0 Å². The molecule has 2 aliphatic carbocycles. The highest BCUT2D eigenvalue weighted by Crippen LogP contribution is 2.58. The first-order valence-electron chi connectivity index (χ1n) is 13.7. The summed E-state index contributed by atoms with van der Waals surface area (Å²) in [5.41, 5.74) is 1.12. The van der Waals surface area contributed by atoms with Gasteiger partial charge in [-0.2, -0.15) is 0 Å². The Hall–Kier alpha value is -2.72. The van der Waals surface area contributed by atoms with Gasteiger partial charge < -0.3 is 19.7 Å². The van der Waals surface area contributed by atoms with Crippen LogP contribution >= 0.6 is 0 Å². The number of phenolic OH excluding ortho intramolecular Hbond substituents is 1. The smallest absolute Gasteiger partial charge is 0.201 e. The van der Waals surface area contributed by atoms with Gasteiger partial charge in [0.15, 0.2) is 11.5 Å². The predicted octanol–water partition coefficient (Wildman–Crippen LogP) is 8.16. The lowest BCUT2D eigenvalue weighted by atomic mass is 9.52. The minimum atomic E-state index is -0.714. The lowest BCUT2D eigenvalue weighted by Crippen LogP contribution is -2.56. The van der Waals surface area contributed by atoms with Gasteiger partial charge in [-0.15, -0.1) is 13.2 Å². The Kier molecular flexibility index (Phi) is 7.80. The van der Waals surface area contributed by atoms with Crippen LogP contribution in [0.15, 0.2) is 61.7 Å². The lowest BCUT2D eigenvalue weighted by molar-refractivity contribution is -0.131. The Labute approximate surface area is 223 Å². The van der Waals surface area contributed by atoms with E-state index in [2.05, 4.69) is 27.0 Å². The van der Waals surface area contributed by atoms with E-state index in [0.29, 0.717) is 23.7 Å². The molecular weight excluding hydrogens is 460 g/mol. The van der Waals surface area contributed by atoms with Crippen LogP contribution in [-0.2, 0) is 12.8 Å². The molecule has 0 amide bonds. The summed E-state index contributed by atoms with van der Waals surface area (Å²) in [6.45, 7) is 16.1. The summed E-state index contributed by atoms with van der Waals surface area (Å²) in [5.74, 6) is 2.02. The predicted molar refractivity (Wildman–Crippen MR) is 151 cm³/mol. The largest absolute Gasteiger partial charge is 0.502 e. The Bertz CT molecular complexity index is 1110. The van der Waals surface area contributed by atoms with Gasteiger partial charge in [0.05, 0.1) is 5.60 Å². The second-order valence-corrected chi connectivity index (χ2v) is 12.3. The number of aromatic hydroxyl groups is 1. The fourth-order valence-electron chi connectivity index (χ4n) is 6.75. The van der Waals surface area contributed by atoms with Crippen molar-refractivity contribution in [2.24, 2.45) is 17.3 Å². The molecular formula is C33H44O4. The van der Waals surface area contributed by atoms with Crippen molar-refractivity contribution < 1.29 is 19.7 Å². The number of benzene rings is 2. The van der Waals surface area contributed by atoms with Gasteiger partial charge in [-0.05, 0) is 119 Å². The van der Waals surface area contributed by atoms with Gasteiger partial charge in [0.1, 0.15) is 11.4 Å². The summed E-state index contributed by atoms with van der Waals surface area (Å²) >= 11 is 0. The summed E-state index contributed by atoms with van der Waals surface area (Å²) in [4.78, 5) is 0. The van der Waals surface area contributed by atoms with E-state index in [4.69, 9.17) is 9.47 Å². The van der Waals surface area contributed by atoms with Crippen molar-refractivity contribution in [3.05, 3.63) is 72.8 Å². The van der Waals surface area contributed by atoms with Crippen molar-refractivity contribution in [3.8, 4) is 23.0 Å². The Morgan fingerprint density at radius 2 is 1.62 bits per heavy atom. The maximum absolute atomic E-state index is 11.3. The first kappa shape index (κ1) is 27.3. The molecule has 0 radical (unpaired) electrons. The Balaban J connectivity index is 1.66. The quantitative estimate of drug-likeness (QED) is 0.338. The topological polar surface area (TPSA) is 58.9 Å². The van der Waals surface area contributed by atoms with Crippen LogP contribution in [-0.4, -0.2) is 21.4 Å². The fraction of sp³-hybridized carbons (Fsp3) is 0.515. The number of rotatable bonds is 9. The van der Waals surface area contributed by atoms with Gasteiger partial charge in [0.2, 0.25) is 5.75 Å². The van der Waals surface area contributed by atoms with Crippen molar-refractivity contribution in [2.45, 2.75) is 90.3 Å². The zero-order valence-electron chi connectivity index (χ0n) is 23.1. The molecule has 2 saturated carbocycles. The molecule has 2 N–H and O–H groups in total. The molecule has 2 aromatic carbocycles. The molecule has 4 atom stereocenters. The molecule has 4 heteroatoms. The van der Waals surface area contributed by atoms with Gasteiger partial charge in [-0.3, -0.25) is 0 Å². The van der Waals surface area contributed by atoms with E-state index < -0.39 is 11.2 Å². The maximum atomic E-state index is 11.3. The molecule has 2 unspecified atom stereocenters. The number of hydrogen-bond acceptors (Lipinski definition) is 4. The van der Waals surface area contributed by atoms with E-state index in [9.17, 15) is 10.2 Å². The molecule has 4 rings (SSSR count). The van der Waals surface area contributed by atoms with Crippen molar-refractivity contribution in [1.82, 2.24) is 0 Å². The molecule has 4 nitrogen and oxygen atoms in total. The Morgan fingerprint density at radius 3 is 2.27 bits per heavy atom. The molecule has 2 aromatic rings. The van der Waals surface area contributed by atoms with Gasteiger partial charge in [0.25, 0.3) is 0 Å². The summed E-state index contributed by atoms with van der Waals surface area (Å²) in [6.07, 6.45) is 11.4. The third kappa shape index (κ3) is 5.90. The molecule has 200 valence electrons. The number of hydrogen-bond donors (Lipinski definition) is 2. The van der Waals surface area contributed by atoms with Crippen LogP contribution in [0.3, 0.4) is 0 Å². The van der Waals surface area contributed by atoms with Crippen molar-refractivity contribution in [2.75, 3.05) is 0 Å². The van der Waals surface area contributed by atoms with Gasteiger partial charge in [-0.1, -0.05) is 31.2 Å². The van der Waals surface area contributed by atoms with Gasteiger partial charge >= 0.3 is 0 Å². The highest BCUT2D eigenvalue weighted by Gasteiger charge is 2.54. The normalized spacial score (nSPS) is 27.7. The molecule has 0 bridgehead atoms. The monoisotopic (exact) mass is 504 g/mol. The number of ether oxygens (including phenoxy) is 2. The number of phenols is 1. The standard InChI is InChI=1S/C33H44O4/c1-7-10-23-12-14-26(15-13-23)36-27-20-24(11-8-2)21-28(30(27)34)37-33(6)18-9-17-32(5)19-16-25(22-29(32)33)31(3,4)35/h7-8,12-15,20-21,25,29,34-35H,1-2,9-11,16-19,22H2,3-6H3/t25?,29?,32-,33-/m1/s1. The summed E-state index contributed by atoms with van der Waals surface area (Å²) < 4.78 is 13.0. The molecule has 2 aliphatic rings. The van der Waals surface area contributed by atoms with Gasteiger partial charge in [-0.25, -0.2) is 0 Å². The van der Waals surface area contributed by atoms with E-state index >= 15 is 0 Å². The van der Waals surface area contributed by atoms with E-state index in [1.54, 1.807) is 0 Å². The van der Waals surface area contributed by atoms with Crippen LogP contribution in [0.1, 0.15) is 77.3 Å². The summed E-state index contributed by atoms with van der Waals surface area (Å²) in [7, 11) is 0.